The standard InChI is InChI=1S/C22H26N2O4S/c1-16(25)23-21(17-8-3-2-4-9-17)15-22(26)24-18-10-7-13-20(14-18)29(27,28)19-11-5-6-12-19/h2-4,7-10,13-14,19,21H,5-6,11-12,15H2,1H3,(H,23,25)(H,24,26). The van der Waals surface area contributed by atoms with E-state index in [2.05, 4.69) is 10.6 Å². The van der Waals surface area contributed by atoms with Gasteiger partial charge in [0.25, 0.3) is 0 Å². The van der Waals surface area contributed by atoms with Gasteiger partial charge in [-0.15, -0.1) is 0 Å². The predicted molar refractivity (Wildman–Crippen MR) is 112 cm³/mol. The van der Waals surface area contributed by atoms with Crippen molar-refractivity contribution in [2.75, 3.05) is 5.32 Å². The minimum absolute atomic E-state index is 0.0448. The van der Waals surface area contributed by atoms with Crippen LogP contribution in [0.1, 0.15) is 50.6 Å². The highest BCUT2D eigenvalue weighted by atomic mass is 32.2. The van der Waals surface area contributed by atoms with Gasteiger partial charge in [0.1, 0.15) is 0 Å². The molecule has 0 aromatic heterocycles. The van der Waals surface area contributed by atoms with Gasteiger partial charge in [-0.25, -0.2) is 8.42 Å². The normalized spacial score (nSPS) is 15.6. The molecule has 0 aliphatic heterocycles. The van der Waals surface area contributed by atoms with Crippen molar-refractivity contribution in [3.8, 4) is 0 Å². The Labute approximate surface area is 171 Å². The van der Waals surface area contributed by atoms with E-state index in [4.69, 9.17) is 0 Å². The largest absolute Gasteiger partial charge is 0.349 e. The molecule has 0 bridgehead atoms. The Hall–Kier alpha value is -2.67. The van der Waals surface area contributed by atoms with Crippen LogP contribution in [0.3, 0.4) is 0 Å². The number of hydrogen-bond acceptors (Lipinski definition) is 4. The van der Waals surface area contributed by atoms with Crippen LogP contribution in [0.25, 0.3) is 0 Å². The van der Waals surface area contributed by atoms with E-state index in [1.54, 1.807) is 18.2 Å². The maximum absolute atomic E-state index is 12.8. The predicted octanol–water partition coefficient (Wildman–Crippen LogP) is 3.61. The smallest absolute Gasteiger partial charge is 0.226 e. The highest BCUT2D eigenvalue weighted by molar-refractivity contribution is 7.92. The highest BCUT2D eigenvalue weighted by Crippen LogP contribution is 2.30. The van der Waals surface area contributed by atoms with E-state index in [1.165, 1.54) is 13.0 Å². The Morgan fingerprint density at radius 3 is 2.38 bits per heavy atom. The van der Waals surface area contributed by atoms with Gasteiger partial charge in [0.15, 0.2) is 9.84 Å². The van der Waals surface area contributed by atoms with Crippen LogP contribution in [-0.2, 0) is 19.4 Å². The molecule has 2 N–H and O–H groups in total. The van der Waals surface area contributed by atoms with Gasteiger partial charge in [-0.1, -0.05) is 49.2 Å². The average Bonchev–Trinajstić information content (AvgIpc) is 3.24. The third-order valence-electron chi connectivity index (χ3n) is 5.16. The summed E-state index contributed by atoms with van der Waals surface area (Å²) in [4.78, 5) is 24.4. The van der Waals surface area contributed by atoms with E-state index in [0.29, 0.717) is 18.5 Å². The molecule has 3 rings (SSSR count). The lowest BCUT2D eigenvalue weighted by atomic mass is 10.0. The van der Waals surface area contributed by atoms with Crippen molar-refractivity contribution in [1.29, 1.82) is 0 Å². The molecule has 2 amide bonds. The summed E-state index contributed by atoms with van der Waals surface area (Å²) in [7, 11) is -3.39. The van der Waals surface area contributed by atoms with Crippen LogP contribution >= 0.6 is 0 Å². The molecule has 1 aliphatic rings. The lowest BCUT2D eigenvalue weighted by molar-refractivity contribution is -0.120. The number of rotatable bonds is 7. The third kappa shape index (κ3) is 5.44. The quantitative estimate of drug-likeness (QED) is 0.724. The first-order chi connectivity index (χ1) is 13.9. The second-order valence-electron chi connectivity index (χ2n) is 7.40. The summed E-state index contributed by atoms with van der Waals surface area (Å²) < 4.78 is 25.6. The van der Waals surface area contributed by atoms with Gasteiger partial charge in [0.05, 0.1) is 22.6 Å². The summed E-state index contributed by atoms with van der Waals surface area (Å²) >= 11 is 0. The van der Waals surface area contributed by atoms with Crippen molar-refractivity contribution < 1.29 is 18.0 Å². The van der Waals surface area contributed by atoms with Gasteiger partial charge in [0, 0.05) is 12.6 Å². The zero-order valence-electron chi connectivity index (χ0n) is 16.4. The Balaban J connectivity index is 1.72. The van der Waals surface area contributed by atoms with Gasteiger partial charge in [0.2, 0.25) is 11.8 Å². The van der Waals surface area contributed by atoms with Crippen molar-refractivity contribution in [2.45, 2.75) is 55.2 Å². The Morgan fingerprint density at radius 1 is 1.03 bits per heavy atom. The minimum atomic E-state index is -3.39. The maximum atomic E-state index is 12.8. The first kappa shape index (κ1) is 21.0. The highest BCUT2D eigenvalue weighted by Gasteiger charge is 2.30. The zero-order valence-corrected chi connectivity index (χ0v) is 17.2. The van der Waals surface area contributed by atoms with Gasteiger partial charge in [-0.05, 0) is 36.6 Å². The summed E-state index contributed by atoms with van der Waals surface area (Å²) in [6, 6.07) is 15.2. The summed E-state index contributed by atoms with van der Waals surface area (Å²) in [6.07, 6.45) is 3.29. The number of sulfone groups is 1. The zero-order chi connectivity index (χ0) is 20.9. The van der Waals surface area contributed by atoms with Gasteiger partial charge in [-0.3, -0.25) is 9.59 Å². The van der Waals surface area contributed by atoms with Crippen molar-refractivity contribution in [3.05, 3.63) is 60.2 Å². The van der Waals surface area contributed by atoms with E-state index in [1.807, 2.05) is 30.3 Å². The summed E-state index contributed by atoms with van der Waals surface area (Å²) in [5.41, 5.74) is 1.26. The molecule has 154 valence electrons. The fraction of sp³-hybridized carbons (Fsp3) is 0.364. The first-order valence-corrected chi connectivity index (χ1v) is 11.4. The van der Waals surface area contributed by atoms with E-state index in [-0.39, 0.29) is 28.4 Å². The minimum Gasteiger partial charge on any atom is -0.349 e. The molecule has 1 atom stereocenters. The Bertz CT molecular complexity index is 967. The molecule has 2 aromatic carbocycles. The molecule has 1 unspecified atom stereocenters. The van der Waals surface area contributed by atoms with Crippen molar-refractivity contribution in [2.24, 2.45) is 0 Å². The van der Waals surface area contributed by atoms with Crippen molar-refractivity contribution in [1.82, 2.24) is 5.32 Å². The fourth-order valence-electron chi connectivity index (χ4n) is 3.72. The molecule has 7 heteroatoms. The van der Waals surface area contributed by atoms with E-state index in [0.717, 1.165) is 18.4 Å². The molecule has 1 fully saturated rings. The SMILES string of the molecule is CC(=O)NC(CC(=O)Nc1cccc(S(=O)(=O)C2CCCC2)c1)c1ccccc1. The topological polar surface area (TPSA) is 92.3 Å². The fourth-order valence-corrected chi connectivity index (χ4v) is 5.62. The molecule has 1 saturated carbocycles. The Kier molecular flexibility index (Phi) is 6.69. The third-order valence-corrected chi connectivity index (χ3v) is 7.42. The molecule has 6 nitrogen and oxygen atoms in total. The molecular formula is C22H26N2O4S. The summed E-state index contributed by atoms with van der Waals surface area (Å²) in [5.74, 6) is -0.528. The second-order valence-corrected chi connectivity index (χ2v) is 9.62. The molecule has 0 saturated heterocycles. The van der Waals surface area contributed by atoms with Gasteiger partial charge < -0.3 is 10.6 Å². The number of carbonyl (C=O) groups is 2. The van der Waals surface area contributed by atoms with E-state index in [9.17, 15) is 18.0 Å². The van der Waals surface area contributed by atoms with Crippen LogP contribution < -0.4 is 10.6 Å². The number of hydrogen-bond donors (Lipinski definition) is 2. The van der Waals surface area contributed by atoms with E-state index < -0.39 is 15.9 Å². The lowest BCUT2D eigenvalue weighted by Crippen LogP contribution is -2.29. The van der Waals surface area contributed by atoms with Crippen LogP contribution in [0, 0.1) is 0 Å². The number of amides is 2. The second kappa shape index (κ2) is 9.22. The van der Waals surface area contributed by atoms with Crippen LogP contribution in [0.5, 0.6) is 0 Å². The molecule has 0 radical (unpaired) electrons. The van der Waals surface area contributed by atoms with Gasteiger partial charge >= 0.3 is 0 Å². The van der Waals surface area contributed by atoms with Crippen LogP contribution in [0.4, 0.5) is 5.69 Å². The van der Waals surface area contributed by atoms with Crippen molar-refractivity contribution in [3.63, 3.8) is 0 Å². The molecule has 0 heterocycles. The molecule has 0 spiro atoms. The number of benzene rings is 2. The Morgan fingerprint density at radius 2 is 1.72 bits per heavy atom. The molecule has 2 aromatic rings. The van der Waals surface area contributed by atoms with Crippen LogP contribution in [0.15, 0.2) is 59.5 Å². The summed E-state index contributed by atoms with van der Waals surface area (Å²) in [5, 5.41) is 5.22. The maximum Gasteiger partial charge on any atom is 0.226 e. The van der Waals surface area contributed by atoms with Crippen LogP contribution in [-0.4, -0.2) is 25.5 Å². The number of nitrogens with one attached hydrogen (secondary N) is 2. The molecular weight excluding hydrogens is 388 g/mol. The summed E-state index contributed by atoms with van der Waals surface area (Å²) in [6.45, 7) is 1.41. The molecule has 1 aliphatic carbocycles. The molecule has 29 heavy (non-hydrogen) atoms. The van der Waals surface area contributed by atoms with E-state index >= 15 is 0 Å². The monoisotopic (exact) mass is 414 g/mol. The average molecular weight is 415 g/mol. The number of anilines is 1. The number of carbonyl (C=O) groups excluding carboxylic acids is 2. The van der Waals surface area contributed by atoms with Crippen molar-refractivity contribution >= 4 is 27.3 Å². The first-order valence-electron chi connectivity index (χ1n) is 9.82. The lowest BCUT2D eigenvalue weighted by Gasteiger charge is -2.18. The van der Waals surface area contributed by atoms with Crippen LogP contribution in [0.2, 0.25) is 0 Å². The van der Waals surface area contributed by atoms with Gasteiger partial charge in [-0.2, -0.15) is 0 Å².